The molecule has 152 valence electrons. The molecule has 0 bridgehead atoms. The first-order chi connectivity index (χ1) is 14.7. The second-order valence-corrected chi connectivity index (χ2v) is 7.10. The molecule has 8 heteroatoms. The number of morpholine rings is 1. The van der Waals surface area contributed by atoms with Crippen molar-refractivity contribution < 1.29 is 13.9 Å². The van der Waals surface area contributed by atoms with Gasteiger partial charge in [0.2, 0.25) is 5.88 Å². The Hall–Kier alpha value is -3.39. The average Bonchev–Trinajstić information content (AvgIpc) is 3.23. The predicted octanol–water partition coefficient (Wildman–Crippen LogP) is 2.87. The highest BCUT2D eigenvalue weighted by Gasteiger charge is 2.22. The van der Waals surface area contributed by atoms with Gasteiger partial charge in [0.05, 0.1) is 50.0 Å². The molecule has 0 aliphatic carbocycles. The fraction of sp³-hybridized carbons (Fsp3) is 0.273. The van der Waals surface area contributed by atoms with Gasteiger partial charge in [-0.1, -0.05) is 0 Å². The molecule has 3 aromatic rings. The zero-order valence-corrected chi connectivity index (χ0v) is 16.5. The van der Waals surface area contributed by atoms with E-state index in [0.717, 1.165) is 47.5 Å². The summed E-state index contributed by atoms with van der Waals surface area (Å²) in [5, 5.41) is 0. The Kier molecular flexibility index (Phi) is 4.84. The number of methoxy groups -OCH3 is 1. The van der Waals surface area contributed by atoms with Crippen molar-refractivity contribution in [3.05, 3.63) is 65.4 Å². The molecule has 0 atom stereocenters. The molecule has 5 rings (SSSR count). The van der Waals surface area contributed by atoms with Crippen LogP contribution in [-0.4, -0.2) is 54.1 Å². The first-order valence-electron chi connectivity index (χ1n) is 9.75. The number of anilines is 1. The highest BCUT2D eigenvalue weighted by molar-refractivity contribution is 6.15. The summed E-state index contributed by atoms with van der Waals surface area (Å²) in [5.41, 5.74) is 4.98. The number of aromatic nitrogens is 3. The number of hydrogen-bond acceptors (Lipinski definition) is 7. The molecule has 0 N–H and O–H groups in total. The number of halogens is 1. The van der Waals surface area contributed by atoms with Gasteiger partial charge in [-0.05, 0) is 24.3 Å². The summed E-state index contributed by atoms with van der Waals surface area (Å²) in [6.45, 7) is 3.61. The lowest BCUT2D eigenvalue weighted by Gasteiger charge is -2.28. The van der Waals surface area contributed by atoms with E-state index in [1.165, 1.54) is 13.2 Å². The molecule has 7 nitrogen and oxygen atoms in total. The largest absolute Gasteiger partial charge is 0.481 e. The Morgan fingerprint density at radius 3 is 2.73 bits per heavy atom. The average molecular weight is 405 g/mol. The topological polar surface area (TPSA) is 72.7 Å². The molecule has 0 unspecified atom stereocenters. The van der Waals surface area contributed by atoms with Crippen LogP contribution in [0.15, 0.2) is 47.8 Å². The molecule has 2 aliphatic rings. The summed E-state index contributed by atoms with van der Waals surface area (Å²) in [4.78, 5) is 20.0. The molecule has 0 amide bonds. The summed E-state index contributed by atoms with van der Waals surface area (Å²) < 4.78 is 24.6. The minimum atomic E-state index is -0.439. The Bertz CT molecular complexity index is 1130. The number of hydrogen-bond donors (Lipinski definition) is 0. The van der Waals surface area contributed by atoms with Gasteiger partial charge in [0, 0.05) is 42.2 Å². The fourth-order valence-corrected chi connectivity index (χ4v) is 3.78. The Balaban J connectivity index is 1.52. The molecular formula is C22H20FN5O2. The number of rotatable bonds is 4. The van der Waals surface area contributed by atoms with E-state index in [2.05, 4.69) is 25.9 Å². The molecule has 2 aliphatic heterocycles. The van der Waals surface area contributed by atoms with Gasteiger partial charge in [0.15, 0.2) is 0 Å². The van der Waals surface area contributed by atoms with E-state index < -0.39 is 5.82 Å². The standard InChI is InChI=1S/C22H20FN5O2/c1-29-22-18(9-16(23)13-27-22)19-10-17-15(11-25-19)12-26-21(17)14-2-3-24-20(8-14)28-4-6-30-7-5-28/h2-3,8-11,13H,4-7,12H2,1H3. The van der Waals surface area contributed by atoms with Gasteiger partial charge < -0.3 is 14.4 Å². The van der Waals surface area contributed by atoms with E-state index in [0.29, 0.717) is 36.9 Å². The van der Waals surface area contributed by atoms with E-state index in [1.807, 2.05) is 18.3 Å². The molecule has 1 saturated heterocycles. The lowest BCUT2D eigenvalue weighted by molar-refractivity contribution is 0.122. The van der Waals surface area contributed by atoms with Crippen LogP contribution in [0.1, 0.15) is 16.7 Å². The molecule has 1 fully saturated rings. The lowest BCUT2D eigenvalue weighted by atomic mass is 10.00. The minimum Gasteiger partial charge on any atom is -0.481 e. The number of nitrogens with zero attached hydrogens (tertiary/aromatic N) is 5. The molecular weight excluding hydrogens is 385 g/mol. The molecule has 0 radical (unpaired) electrons. The van der Waals surface area contributed by atoms with Crippen molar-refractivity contribution in [3.8, 4) is 17.1 Å². The third-order valence-corrected chi connectivity index (χ3v) is 5.29. The summed E-state index contributed by atoms with van der Waals surface area (Å²) in [7, 11) is 1.51. The van der Waals surface area contributed by atoms with Crippen molar-refractivity contribution in [2.75, 3.05) is 38.3 Å². The zero-order chi connectivity index (χ0) is 20.5. The first kappa shape index (κ1) is 18.6. The molecule has 0 spiro atoms. The molecule has 5 heterocycles. The van der Waals surface area contributed by atoms with Crippen LogP contribution in [0, 0.1) is 5.82 Å². The SMILES string of the molecule is COc1ncc(F)cc1-c1cc2c(cn1)CN=C2c1ccnc(N2CCOCC2)c1. The van der Waals surface area contributed by atoms with Crippen molar-refractivity contribution in [3.63, 3.8) is 0 Å². The van der Waals surface area contributed by atoms with E-state index in [9.17, 15) is 4.39 Å². The van der Waals surface area contributed by atoms with E-state index >= 15 is 0 Å². The van der Waals surface area contributed by atoms with Crippen molar-refractivity contribution >= 4 is 11.5 Å². The maximum atomic E-state index is 13.8. The van der Waals surface area contributed by atoms with Gasteiger partial charge in [0.25, 0.3) is 0 Å². The van der Waals surface area contributed by atoms with Gasteiger partial charge in [-0.25, -0.2) is 14.4 Å². The normalized spacial score (nSPS) is 15.7. The van der Waals surface area contributed by atoms with Crippen LogP contribution in [0.3, 0.4) is 0 Å². The number of aliphatic imine (C=N–C) groups is 1. The number of pyridine rings is 3. The fourth-order valence-electron chi connectivity index (χ4n) is 3.78. The van der Waals surface area contributed by atoms with E-state index in [4.69, 9.17) is 14.5 Å². The van der Waals surface area contributed by atoms with Crippen molar-refractivity contribution in [2.45, 2.75) is 6.54 Å². The second kappa shape index (κ2) is 7.79. The van der Waals surface area contributed by atoms with E-state index in [-0.39, 0.29) is 0 Å². The number of ether oxygens (including phenoxy) is 2. The van der Waals surface area contributed by atoms with Crippen molar-refractivity contribution in [1.29, 1.82) is 0 Å². The van der Waals surface area contributed by atoms with Gasteiger partial charge in [-0.15, -0.1) is 0 Å². The van der Waals surface area contributed by atoms with Gasteiger partial charge in [-0.3, -0.25) is 9.98 Å². The molecule has 0 aromatic carbocycles. The van der Waals surface area contributed by atoms with Crippen LogP contribution in [0.5, 0.6) is 5.88 Å². The van der Waals surface area contributed by atoms with Gasteiger partial charge in [0.1, 0.15) is 11.6 Å². The Labute approximate surface area is 173 Å². The van der Waals surface area contributed by atoms with Gasteiger partial charge >= 0.3 is 0 Å². The third kappa shape index (κ3) is 3.39. The molecule has 0 saturated carbocycles. The smallest absolute Gasteiger partial charge is 0.222 e. The second-order valence-electron chi connectivity index (χ2n) is 7.10. The maximum Gasteiger partial charge on any atom is 0.222 e. The summed E-state index contributed by atoms with van der Waals surface area (Å²) in [5.74, 6) is 0.808. The zero-order valence-electron chi connectivity index (χ0n) is 16.5. The van der Waals surface area contributed by atoms with Crippen molar-refractivity contribution in [1.82, 2.24) is 15.0 Å². The van der Waals surface area contributed by atoms with Gasteiger partial charge in [-0.2, -0.15) is 0 Å². The van der Waals surface area contributed by atoms with E-state index in [1.54, 1.807) is 6.20 Å². The Morgan fingerprint density at radius 1 is 1.03 bits per heavy atom. The quantitative estimate of drug-likeness (QED) is 0.665. The van der Waals surface area contributed by atoms with Crippen LogP contribution < -0.4 is 9.64 Å². The lowest BCUT2D eigenvalue weighted by Crippen LogP contribution is -2.36. The molecule has 30 heavy (non-hydrogen) atoms. The summed E-state index contributed by atoms with van der Waals surface area (Å²) in [6, 6.07) is 7.33. The third-order valence-electron chi connectivity index (χ3n) is 5.29. The predicted molar refractivity (Wildman–Crippen MR) is 111 cm³/mol. The highest BCUT2D eigenvalue weighted by atomic mass is 19.1. The van der Waals surface area contributed by atoms with Crippen LogP contribution >= 0.6 is 0 Å². The Morgan fingerprint density at radius 2 is 1.90 bits per heavy atom. The maximum absolute atomic E-state index is 13.8. The van der Waals surface area contributed by atoms with Crippen LogP contribution in [0.4, 0.5) is 10.2 Å². The monoisotopic (exact) mass is 405 g/mol. The first-order valence-corrected chi connectivity index (χ1v) is 9.75. The number of fused-ring (bicyclic) bond motifs is 1. The summed E-state index contributed by atoms with van der Waals surface area (Å²) >= 11 is 0. The van der Waals surface area contributed by atoms with Crippen LogP contribution in [0.2, 0.25) is 0 Å². The highest BCUT2D eigenvalue weighted by Crippen LogP contribution is 2.31. The van der Waals surface area contributed by atoms with Crippen LogP contribution in [-0.2, 0) is 11.3 Å². The minimum absolute atomic E-state index is 0.332. The molecule has 3 aromatic heterocycles. The van der Waals surface area contributed by atoms with Crippen molar-refractivity contribution in [2.24, 2.45) is 4.99 Å². The van der Waals surface area contributed by atoms with Crippen LogP contribution in [0.25, 0.3) is 11.3 Å². The summed E-state index contributed by atoms with van der Waals surface area (Å²) in [6.07, 6.45) is 4.73.